The first-order valence-electron chi connectivity index (χ1n) is 9.61. The van der Waals surface area contributed by atoms with E-state index in [1.54, 1.807) is 6.07 Å². The van der Waals surface area contributed by atoms with Gasteiger partial charge in [-0.15, -0.1) is 11.3 Å². The molecule has 3 aliphatic rings. The summed E-state index contributed by atoms with van der Waals surface area (Å²) in [5.41, 5.74) is 1.89. The van der Waals surface area contributed by atoms with Gasteiger partial charge in [-0.2, -0.15) is 0 Å². The molecule has 0 N–H and O–H groups in total. The molecule has 148 valence electrons. The molecule has 3 aliphatic heterocycles. The van der Waals surface area contributed by atoms with E-state index in [0.717, 1.165) is 11.3 Å². The van der Waals surface area contributed by atoms with Crippen LogP contribution in [0.2, 0.25) is 0 Å². The Morgan fingerprint density at radius 1 is 1.10 bits per heavy atom. The Balaban J connectivity index is 1.62. The van der Waals surface area contributed by atoms with Gasteiger partial charge in [-0.3, -0.25) is 19.3 Å². The number of Topliss-reactive ketones (excluding diaryl/α,β-unsaturated/α-hetero) is 1. The third-order valence-corrected chi connectivity index (χ3v) is 6.94. The number of para-hydroxylation sites is 1. The number of hydrogen-bond donors (Lipinski definition) is 0. The Morgan fingerprint density at radius 3 is 2.66 bits per heavy atom. The number of carbonyl (C=O) groups is 3. The van der Waals surface area contributed by atoms with Crippen molar-refractivity contribution in [1.82, 2.24) is 4.90 Å². The second-order valence-electron chi connectivity index (χ2n) is 7.47. The fourth-order valence-corrected chi connectivity index (χ4v) is 5.54. The molecule has 1 aromatic carbocycles. The van der Waals surface area contributed by atoms with Crippen molar-refractivity contribution in [3.8, 4) is 0 Å². The number of methoxy groups -OCH3 is 1. The molecular formula is C22H20N2O4S. The highest BCUT2D eigenvalue weighted by Crippen LogP contribution is 2.49. The molecule has 4 heterocycles. The number of likely N-dealkylation sites (tertiary alicyclic amines) is 1. The van der Waals surface area contributed by atoms with E-state index in [1.807, 2.05) is 52.8 Å². The summed E-state index contributed by atoms with van der Waals surface area (Å²) in [6.45, 7) is 0.502. The summed E-state index contributed by atoms with van der Waals surface area (Å²) in [5.74, 6) is -1.82. The largest absolute Gasteiger partial charge is 0.383 e. The van der Waals surface area contributed by atoms with Crippen LogP contribution in [-0.2, 0) is 14.3 Å². The Hall–Kier alpha value is -2.77. The van der Waals surface area contributed by atoms with Crippen molar-refractivity contribution in [3.63, 3.8) is 0 Å². The molecule has 4 atom stereocenters. The minimum Gasteiger partial charge on any atom is -0.383 e. The zero-order valence-electron chi connectivity index (χ0n) is 15.9. The van der Waals surface area contributed by atoms with Crippen molar-refractivity contribution in [2.45, 2.75) is 12.1 Å². The number of hydrogen-bond acceptors (Lipinski definition) is 6. The van der Waals surface area contributed by atoms with Crippen LogP contribution in [0, 0.1) is 11.8 Å². The SMILES string of the molecule is COCCN1C(=O)[C@@H]2[C@H](C1=O)[C@H]1C=Cc3ccccc3N1[C@@H]2C(=O)c1cccs1. The number of fused-ring (bicyclic) bond motifs is 5. The first-order chi connectivity index (χ1) is 14.1. The van der Waals surface area contributed by atoms with Gasteiger partial charge >= 0.3 is 0 Å². The summed E-state index contributed by atoms with van der Waals surface area (Å²) in [4.78, 5) is 43.9. The van der Waals surface area contributed by atoms with Gasteiger partial charge in [-0.1, -0.05) is 36.4 Å². The number of carbonyl (C=O) groups excluding carboxylic acids is 3. The van der Waals surface area contributed by atoms with Crippen molar-refractivity contribution >= 4 is 40.7 Å². The maximum Gasteiger partial charge on any atom is 0.235 e. The molecule has 0 saturated carbocycles. The van der Waals surface area contributed by atoms with Crippen molar-refractivity contribution in [2.24, 2.45) is 11.8 Å². The van der Waals surface area contributed by atoms with E-state index < -0.39 is 17.9 Å². The summed E-state index contributed by atoms with van der Waals surface area (Å²) < 4.78 is 5.07. The van der Waals surface area contributed by atoms with Gasteiger partial charge in [0.05, 0.1) is 35.9 Å². The molecule has 0 radical (unpaired) electrons. The van der Waals surface area contributed by atoms with Crippen LogP contribution in [-0.4, -0.2) is 54.8 Å². The van der Waals surface area contributed by atoms with Crippen LogP contribution in [0.4, 0.5) is 5.69 Å². The molecule has 6 nitrogen and oxygen atoms in total. The number of ether oxygens (including phenoxy) is 1. The van der Waals surface area contributed by atoms with Gasteiger partial charge < -0.3 is 9.64 Å². The smallest absolute Gasteiger partial charge is 0.235 e. The number of nitrogens with zero attached hydrogens (tertiary/aromatic N) is 2. The predicted molar refractivity (Wildman–Crippen MR) is 110 cm³/mol. The predicted octanol–water partition coefficient (Wildman–Crippen LogP) is 2.46. The summed E-state index contributed by atoms with van der Waals surface area (Å²) >= 11 is 1.37. The first kappa shape index (κ1) is 18.3. The van der Waals surface area contributed by atoms with Gasteiger partial charge in [0.15, 0.2) is 5.78 Å². The quantitative estimate of drug-likeness (QED) is 0.562. The van der Waals surface area contributed by atoms with Crippen molar-refractivity contribution in [3.05, 3.63) is 58.3 Å². The Kier molecular flexibility index (Phi) is 4.37. The fourth-order valence-electron chi connectivity index (χ4n) is 4.84. The van der Waals surface area contributed by atoms with Crippen LogP contribution in [0.5, 0.6) is 0 Å². The second-order valence-corrected chi connectivity index (χ2v) is 8.42. The van der Waals surface area contributed by atoms with Gasteiger partial charge in [0.25, 0.3) is 0 Å². The topological polar surface area (TPSA) is 66.9 Å². The standard InChI is InChI=1S/C22H20N2O4S/c1-28-11-10-23-21(26)17-15-9-8-13-5-2-3-6-14(13)24(15)19(18(17)22(23)27)20(25)16-7-4-12-29-16/h2-9,12,15,17-19H,10-11H2,1H3/t15-,17-,18-,19+/m1/s1. The monoisotopic (exact) mass is 408 g/mol. The van der Waals surface area contributed by atoms with Crippen LogP contribution in [0.15, 0.2) is 47.9 Å². The van der Waals surface area contributed by atoms with E-state index in [4.69, 9.17) is 4.74 Å². The summed E-state index contributed by atoms with van der Waals surface area (Å²) in [6.07, 6.45) is 3.95. The van der Waals surface area contributed by atoms with E-state index in [1.165, 1.54) is 23.3 Å². The van der Waals surface area contributed by atoms with Gasteiger partial charge in [0.1, 0.15) is 6.04 Å². The molecule has 29 heavy (non-hydrogen) atoms. The number of benzene rings is 1. The molecule has 1 aromatic heterocycles. The number of amides is 2. The van der Waals surface area contributed by atoms with Crippen LogP contribution < -0.4 is 4.90 Å². The zero-order chi connectivity index (χ0) is 20.1. The summed E-state index contributed by atoms with van der Waals surface area (Å²) in [5, 5.41) is 1.85. The third-order valence-electron chi connectivity index (χ3n) is 6.06. The molecule has 0 spiro atoms. The van der Waals surface area contributed by atoms with E-state index in [0.29, 0.717) is 4.88 Å². The van der Waals surface area contributed by atoms with Gasteiger partial charge in [-0.05, 0) is 23.1 Å². The number of rotatable bonds is 5. The molecule has 5 rings (SSSR count). The average Bonchev–Trinajstić information content (AvgIpc) is 3.44. The van der Waals surface area contributed by atoms with Crippen LogP contribution in [0.1, 0.15) is 15.2 Å². The second kappa shape index (κ2) is 6.93. The minimum absolute atomic E-state index is 0.0997. The van der Waals surface area contributed by atoms with Gasteiger partial charge in [-0.25, -0.2) is 0 Å². The molecular weight excluding hydrogens is 388 g/mol. The van der Waals surface area contributed by atoms with Crippen LogP contribution in [0.3, 0.4) is 0 Å². The molecule has 2 saturated heterocycles. The van der Waals surface area contributed by atoms with E-state index in [-0.39, 0.29) is 36.8 Å². The van der Waals surface area contributed by atoms with Crippen molar-refractivity contribution < 1.29 is 19.1 Å². The van der Waals surface area contributed by atoms with Gasteiger partial charge in [0.2, 0.25) is 11.8 Å². The number of ketones is 1. The maximum absolute atomic E-state index is 13.5. The molecule has 0 aliphatic carbocycles. The molecule has 2 fully saturated rings. The highest BCUT2D eigenvalue weighted by Gasteiger charge is 2.63. The Bertz CT molecular complexity index is 1020. The third kappa shape index (κ3) is 2.61. The minimum atomic E-state index is -0.696. The summed E-state index contributed by atoms with van der Waals surface area (Å²) in [6, 6.07) is 10.4. The van der Waals surface area contributed by atoms with E-state index >= 15 is 0 Å². The number of imide groups is 1. The number of anilines is 1. The zero-order valence-corrected chi connectivity index (χ0v) is 16.7. The van der Waals surface area contributed by atoms with Crippen LogP contribution >= 0.6 is 11.3 Å². The first-order valence-corrected chi connectivity index (χ1v) is 10.5. The molecule has 2 amide bonds. The normalized spacial score (nSPS) is 27.2. The average molecular weight is 408 g/mol. The lowest BCUT2D eigenvalue weighted by Crippen LogP contribution is -2.49. The Labute approximate surface area is 172 Å². The van der Waals surface area contributed by atoms with E-state index in [2.05, 4.69) is 0 Å². The molecule has 0 unspecified atom stereocenters. The maximum atomic E-state index is 13.5. The van der Waals surface area contributed by atoms with E-state index in [9.17, 15) is 14.4 Å². The number of thiophene rings is 1. The highest BCUT2D eigenvalue weighted by molar-refractivity contribution is 7.12. The molecule has 7 heteroatoms. The van der Waals surface area contributed by atoms with Crippen molar-refractivity contribution in [2.75, 3.05) is 25.2 Å². The highest BCUT2D eigenvalue weighted by atomic mass is 32.1. The van der Waals surface area contributed by atoms with Crippen molar-refractivity contribution in [1.29, 1.82) is 0 Å². The Morgan fingerprint density at radius 2 is 1.90 bits per heavy atom. The summed E-state index contributed by atoms with van der Waals surface area (Å²) in [7, 11) is 1.54. The fraction of sp³-hybridized carbons (Fsp3) is 0.318. The van der Waals surface area contributed by atoms with Gasteiger partial charge in [0, 0.05) is 12.8 Å². The van der Waals surface area contributed by atoms with Crippen LogP contribution in [0.25, 0.3) is 6.08 Å². The lowest BCUT2D eigenvalue weighted by atomic mass is 9.87. The lowest BCUT2D eigenvalue weighted by molar-refractivity contribution is -0.141. The molecule has 2 aromatic rings. The lowest BCUT2D eigenvalue weighted by Gasteiger charge is -2.36. The molecule has 0 bridgehead atoms.